The molecule has 0 saturated carbocycles. The summed E-state index contributed by atoms with van der Waals surface area (Å²) in [7, 11) is -7.85. The molecule has 0 aliphatic heterocycles. The molecule has 8 nitrogen and oxygen atoms in total. The van der Waals surface area contributed by atoms with E-state index in [1.165, 1.54) is 72.8 Å². The summed E-state index contributed by atoms with van der Waals surface area (Å²) < 4.78 is 55.5. The summed E-state index contributed by atoms with van der Waals surface area (Å²) in [5.74, 6) is -0.627. The number of halogens is 3. The minimum absolute atomic E-state index is 0.00988. The van der Waals surface area contributed by atoms with Crippen molar-refractivity contribution in [3.05, 3.63) is 112 Å². The average molecular weight is 611 g/mol. The van der Waals surface area contributed by atoms with Gasteiger partial charge in [-0.05, 0) is 72.8 Å². The van der Waals surface area contributed by atoms with E-state index >= 15 is 0 Å². The van der Waals surface area contributed by atoms with Crippen molar-refractivity contribution >= 4 is 77.8 Å². The van der Waals surface area contributed by atoms with Crippen LogP contribution in [-0.4, -0.2) is 22.7 Å². The molecule has 0 aliphatic carbocycles. The SMILES string of the molecule is O=C(Nc1ccc(S(=O)(=O)Nc2ccc(Cl)cc2Cl)cc1)c1cc(NS(=O)(=O)c2ccccc2)ccc1Cl. The molecule has 0 heterocycles. The highest BCUT2D eigenvalue weighted by Gasteiger charge is 2.19. The van der Waals surface area contributed by atoms with Gasteiger partial charge in [0.25, 0.3) is 26.0 Å². The van der Waals surface area contributed by atoms with Crippen LogP contribution in [-0.2, 0) is 20.0 Å². The van der Waals surface area contributed by atoms with Gasteiger partial charge in [-0.25, -0.2) is 16.8 Å². The van der Waals surface area contributed by atoms with Gasteiger partial charge in [0.1, 0.15) is 0 Å². The third-order valence-electron chi connectivity index (χ3n) is 5.11. The molecular weight excluding hydrogens is 593 g/mol. The molecule has 0 aliphatic rings. The van der Waals surface area contributed by atoms with Gasteiger partial charge in [-0.15, -0.1) is 0 Å². The van der Waals surface area contributed by atoms with Gasteiger partial charge in [-0.1, -0.05) is 53.0 Å². The second-order valence-corrected chi connectivity index (χ2v) is 12.4. The molecule has 3 N–H and O–H groups in total. The maximum atomic E-state index is 12.9. The first-order valence-corrected chi connectivity index (χ1v) is 14.8. The Bertz CT molecular complexity index is 1720. The van der Waals surface area contributed by atoms with Crippen molar-refractivity contribution in [2.24, 2.45) is 0 Å². The lowest BCUT2D eigenvalue weighted by molar-refractivity contribution is 0.102. The quantitative estimate of drug-likeness (QED) is 0.210. The average Bonchev–Trinajstić information content (AvgIpc) is 2.87. The van der Waals surface area contributed by atoms with Crippen LogP contribution >= 0.6 is 34.8 Å². The Kier molecular flexibility index (Phi) is 8.19. The van der Waals surface area contributed by atoms with Crippen molar-refractivity contribution in [1.82, 2.24) is 0 Å². The van der Waals surface area contributed by atoms with Crippen LogP contribution in [0.5, 0.6) is 0 Å². The predicted molar refractivity (Wildman–Crippen MR) is 150 cm³/mol. The van der Waals surface area contributed by atoms with Crippen LogP contribution < -0.4 is 14.8 Å². The standard InChI is InChI=1S/C25H18Cl3N3O5S2/c26-16-6-13-24(23(28)14-16)31-38(35,36)20-10-7-17(8-11-20)29-25(32)21-15-18(9-12-22(21)27)30-37(33,34)19-4-2-1-3-5-19/h1-15,30-31H,(H,29,32). The molecule has 0 aromatic heterocycles. The topological polar surface area (TPSA) is 121 Å². The Morgan fingerprint density at radius 2 is 1.21 bits per heavy atom. The third kappa shape index (κ3) is 6.58. The molecular formula is C25H18Cl3N3O5S2. The van der Waals surface area contributed by atoms with Gasteiger partial charge in [-0.2, -0.15) is 0 Å². The molecule has 0 radical (unpaired) electrons. The van der Waals surface area contributed by atoms with E-state index < -0.39 is 26.0 Å². The van der Waals surface area contributed by atoms with Gasteiger partial charge in [-0.3, -0.25) is 14.2 Å². The fourth-order valence-corrected chi connectivity index (χ4v) is 6.13. The number of anilines is 3. The van der Waals surface area contributed by atoms with Crippen LogP contribution in [0.15, 0.2) is 101 Å². The van der Waals surface area contributed by atoms with E-state index in [4.69, 9.17) is 34.8 Å². The summed E-state index contributed by atoms with van der Waals surface area (Å²) in [4.78, 5) is 12.9. The molecule has 4 aromatic carbocycles. The van der Waals surface area contributed by atoms with E-state index in [0.717, 1.165) is 0 Å². The van der Waals surface area contributed by atoms with Gasteiger partial charge in [0.2, 0.25) is 0 Å². The highest BCUT2D eigenvalue weighted by Crippen LogP contribution is 2.28. The van der Waals surface area contributed by atoms with Crippen molar-refractivity contribution in [1.29, 1.82) is 0 Å². The zero-order chi connectivity index (χ0) is 27.5. The minimum Gasteiger partial charge on any atom is -0.322 e. The number of hydrogen-bond donors (Lipinski definition) is 3. The first-order valence-electron chi connectivity index (χ1n) is 10.7. The van der Waals surface area contributed by atoms with Crippen LogP contribution in [0.2, 0.25) is 15.1 Å². The van der Waals surface area contributed by atoms with Crippen molar-refractivity contribution in [3.63, 3.8) is 0 Å². The number of carbonyl (C=O) groups excluding carboxylic acids is 1. The number of amides is 1. The Labute approximate surface area is 234 Å². The summed E-state index contributed by atoms with van der Waals surface area (Å²) >= 11 is 18.1. The fourth-order valence-electron chi connectivity index (χ4n) is 3.27. The second-order valence-electron chi connectivity index (χ2n) is 7.82. The lowest BCUT2D eigenvalue weighted by Crippen LogP contribution is -2.16. The summed E-state index contributed by atoms with van der Waals surface area (Å²) in [6.07, 6.45) is 0. The number of hydrogen-bond acceptors (Lipinski definition) is 5. The lowest BCUT2D eigenvalue weighted by Gasteiger charge is -2.12. The monoisotopic (exact) mass is 609 g/mol. The van der Waals surface area contributed by atoms with E-state index in [1.54, 1.807) is 18.2 Å². The fraction of sp³-hybridized carbons (Fsp3) is 0. The van der Waals surface area contributed by atoms with Crippen molar-refractivity contribution < 1.29 is 21.6 Å². The first-order chi connectivity index (χ1) is 17.9. The Morgan fingerprint density at radius 3 is 1.87 bits per heavy atom. The highest BCUT2D eigenvalue weighted by molar-refractivity contribution is 7.93. The second kappa shape index (κ2) is 11.2. The molecule has 38 heavy (non-hydrogen) atoms. The van der Waals surface area contributed by atoms with Crippen LogP contribution in [0.4, 0.5) is 17.1 Å². The number of nitrogens with one attached hydrogen (secondary N) is 3. The number of rotatable bonds is 8. The first kappa shape index (κ1) is 27.7. The van der Waals surface area contributed by atoms with E-state index in [9.17, 15) is 21.6 Å². The largest absolute Gasteiger partial charge is 0.322 e. The molecule has 1 amide bonds. The molecule has 13 heteroatoms. The zero-order valence-electron chi connectivity index (χ0n) is 19.2. The van der Waals surface area contributed by atoms with Gasteiger partial charge in [0, 0.05) is 16.4 Å². The van der Waals surface area contributed by atoms with E-state index in [1.807, 2.05) is 0 Å². The van der Waals surface area contributed by atoms with E-state index in [2.05, 4.69) is 14.8 Å². The molecule has 0 saturated heterocycles. The molecule has 4 rings (SSSR count). The molecule has 0 unspecified atom stereocenters. The van der Waals surface area contributed by atoms with Gasteiger partial charge >= 0.3 is 0 Å². The van der Waals surface area contributed by atoms with Crippen molar-refractivity contribution in [3.8, 4) is 0 Å². The van der Waals surface area contributed by atoms with Gasteiger partial charge in [0.15, 0.2) is 0 Å². The smallest absolute Gasteiger partial charge is 0.261 e. The summed E-state index contributed by atoms with van der Waals surface area (Å²) in [6.45, 7) is 0. The summed E-state index contributed by atoms with van der Waals surface area (Å²) in [5.41, 5.74) is 0.586. The predicted octanol–water partition coefficient (Wildman–Crippen LogP) is 6.50. The Morgan fingerprint density at radius 1 is 0.605 bits per heavy atom. The molecule has 0 fully saturated rings. The number of benzene rings is 4. The van der Waals surface area contributed by atoms with Crippen LogP contribution in [0.25, 0.3) is 0 Å². The minimum atomic E-state index is -3.98. The number of carbonyl (C=O) groups is 1. The van der Waals surface area contributed by atoms with E-state index in [0.29, 0.717) is 5.02 Å². The zero-order valence-corrected chi connectivity index (χ0v) is 23.1. The maximum absolute atomic E-state index is 12.9. The van der Waals surface area contributed by atoms with Crippen LogP contribution in [0.1, 0.15) is 10.4 Å². The molecule has 196 valence electrons. The van der Waals surface area contributed by atoms with E-state index in [-0.39, 0.29) is 42.5 Å². The summed E-state index contributed by atoms with van der Waals surface area (Å²) in [5, 5.41) is 3.20. The van der Waals surface area contributed by atoms with Crippen LogP contribution in [0, 0.1) is 0 Å². The van der Waals surface area contributed by atoms with Gasteiger partial charge < -0.3 is 5.32 Å². The Hall–Kier alpha value is -3.28. The molecule has 0 spiro atoms. The molecule has 4 aromatic rings. The Balaban J connectivity index is 1.49. The molecule has 0 atom stereocenters. The molecule has 0 bridgehead atoms. The van der Waals surface area contributed by atoms with Crippen molar-refractivity contribution in [2.45, 2.75) is 9.79 Å². The normalized spacial score (nSPS) is 11.6. The number of sulfonamides is 2. The van der Waals surface area contributed by atoms with Crippen molar-refractivity contribution in [2.75, 3.05) is 14.8 Å². The van der Waals surface area contributed by atoms with Gasteiger partial charge in [0.05, 0.1) is 31.1 Å². The summed E-state index contributed by atoms with van der Waals surface area (Å²) in [6, 6.07) is 21.6. The highest BCUT2D eigenvalue weighted by atomic mass is 35.5. The van der Waals surface area contributed by atoms with Crippen LogP contribution in [0.3, 0.4) is 0 Å². The maximum Gasteiger partial charge on any atom is 0.261 e. The third-order valence-corrected chi connectivity index (χ3v) is 8.77. The lowest BCUT2D eigenvalue weighted by atomic mass is 10.2.